The van der Waals surface area contributed by atoms with E-state index < -0.39 is 0 Å². The molecule has 0 unspecified atom stereocenters. The smallest absolute Gasteiger partial charge is 0.314 e. The summed E-state index contributed by atoms with van der Waals surface area (Å²) in [5.74, 6) is 1.13. The van der Waals surface area contributed by atoms with Crippen LogP contribution in [-0.4, -0.2) is 11.5 Å². The van der Waals surface area contributed by atoms with Gasteiger partial charge in [0.1, 0.15) is 0 Å². The zero-order valence-electron chi connectivity index (χ0n) is 12.5. The van der Waals surface area contributed by atoms with Crippen molar-refractivity contribution >= 4 is 5.69 Å². The first-order chi connectivity index (χ1) is 9.50. The molecule has 0 heterocycles. The first-order valence-electron chi connectivity index (χ1n) is 7.41. The van der Waals surface area contributed by atoms with Crippen molar-refractivity contribution in [3.63, 3.8) is 0 Å². The Morgan fingerprint density at radius 2 is 2.00 bits per heavy atom. The number of hydrogen-bond acceptors (Lipinski definition) is 3. The van der Waals surface area contributed by atoms with Crippen molar-refractivity contribution < 1.29 is 9.66 Å². The molecule has 1 aliphatic rings. The number of nitro benzene ring substituents is 1. The summed E-state index contributed by atoms with van der Waals surface area (Å²) in [5, 5.41) is 11.4. The molecule has 0 atom stereocenters. The molecule has 0 amide bonds. The molecule has 4 heteroatoms. The van der Waals surface area contributed by atoms with E-state index in [4.69, 9.17) is 4.74 Å². The summed E-state index contributed by atoms with van der Waals surface area (Å²) in [6.07, 6.45) is 4.86. The second-order valence-electron chi connectivity index (χ2n) is 6.02. The monoisotopic (exact) mass is 277 g/mol. The van der Waals surface area contributed by atoms with Crippen LogP contribution in [0.15, 0.2) is 12.1 Å². The molecular weight excluding hydrogens is 254 g/mol. The van der Waals surface area contributed by atoms with Crippen LogP contribution in [-0.2, 0) is 0 Å². The fourth-order valence-corrected chi connectivity index (χ4v) is 2.90. The second kappa shape index (κ2) is 6.25. The number of nitro groups is 1. The Labute approximate surface area is 120 Å². The van der Waals surface area contributed by atoms with Gasteiger partial charge < -0.3 is 4.74 Å². The maximum atomic E-state index is 11.4. The van der Waals surface area contributed by atoms with Gasteiger partial charge in [-0.1, -0.05) is 38.8 Å². The molecule has 20 heavy (non-hydrogen) atoms. The zero-order chi connectivity index (χ0) is 14.7. The van der Waals surface area contributed by atoms with E-state index in [1.165, 1.54) is 25.7 Å². The van der Waals surface area contributed by atoms with Crippen molar-refractivity contribution in [2.24, 2.45) is 5.92 Å². The number of hydrogen-bond donors (Lipinski definition) is 0. The third kappa shape index (κ3) is 3.11. The quantitative estimate of drug-likeness (QED) is 0.584. The molecule has 0 N–H and O–H groups in total. The summed E-state index contributed by atoms with van der Waals surface area (Å²) in [5.41, 5.74) is 1.75. The lowest BCUT2D eigenvalue weighted by atomic mass is 9.98. The standard InChI is InChI=1S/C16H23NO3/c1-11(2)14-9-8-12(3)16(15(14)17(18)19)20-10-13-6-4-5-7-13/h8-9,11,13H,4-7,10H2,1-3H3. The van der Waals surface area contributed by atoms with E-state index in [1.807, 2.05) is 32.9 Å². The summed E-state index contributed by atoms with van der Waals surface area (Å²) >= 11 is 0. The molecule has 0 aromatic heterocycles. The van der Waals surface area contributed by atoms with Crippen molar-refractivity contribution in [1.82, 2.24) is 0 Å². The normalized spacial score (nSPS) is 15.8. The zero-order valence-corrected chi connectivity index (χ0v) is 12.5. The van der Waals surface area contributed by atoms with Crippen LogP contribution >= 0.6 is 0 Å². The van der Waals surface area contributed by atoms with Gasteiger partial charge in [-0.05, 0) is 37.2 Å². The predicted octanol–water partition coefficient (Wildman–Crippen LogP) is 4.60. The van der Waals surface area contributed by atoms with Crippen LogP contribution in [0.5, 0.6) is 5.75 Å². The van der Waals surface area contributed by atoms with E-state index in [2.05, 4.69) is 0 Å². The van der Waals surface area contributed by atoms with Gasteiger partial charge in [0.15, 0.2) is 5.75 Å². The number of ether oxygens (including phenoxy) is 1. The molecule has 0 radical (unpaired) electrons. The molecule has 1 saturated carbocycles. The second-order valence-corrected chi connectivity index (χ2v) is 6.02. The number of nitrogens with zero attached hydrogens (tertiary/aromatic N) is 1. The van der Waals surface area contributed by atoms with Crippen LogP contribution in [0.3, 0.4) is 0 Å². The number of rotatable bonds is 5. The molecule has 0 aliphatic heterocycles. The molecule has 0 saturated heterocycles. The summed E-state index contributed by atoms with van der Waals surface area (Å²) in [4.78, 5) is 11.1. The van der Waals surface area contributed by atoms with Gasteiger partial charge in [0.05, 0.1) is 11.5 Å². The fourth-order valence-electron chi connectivity index (χ4n) is 2.90. The first-order valence-corrected chi connectivity index (χ1v) is 7.41. The van der Waals surface area contributed by atoms with Gasteiger partial charge in [-0.2, -0.15) is 0 Å². The third-order valence-electron chi connectivity index (χ3n) is 4.10. The van der Waals surface area contributed by atoms with Gasteiger partial charge in [0, 0.05) is 5.56 Å². The van der Waals surface area contributed by atoms with E-state index in [9.17, 15) is 10.1 Å². The topological polar surface area (TPSA) is 52.4 Å². The fraction of sp³-hybridized carbons (Fsp3) is 0.625. The Morgan fingerprint density at radius 1 is 1.35 bits per heavy atom. The largest absolute Gasteiger partial charge is 0.486 e. The Kier molecular flexibility index (Phi) is 4.63. The van der Waals surface area contributed by atoms with Gasteiger partial charge in [-0.3, -0.25) is 10.1 Å². The van der Waals surface area contributed by atoms with Crippen LogP contribution in [0.25, 0.3) is 0 Å². The first kappa shape index (κ1) is 14.8. The highest BCUT2D eigenvalue weighted by atomic mass is 16.6. The Balaban J connectivity index is 2.28. The highest BCUT2D eigenvalue weighted by Gasteiger charge is 2.26. The molecule has 1 fully saturated rings. The lowest BCUT2D eigenvalue weighted by molar-refractivity contribution is -0.386. The summed E-state index contributed by atoms with van der Waals surface area (Å²) in [6.45, 7) is 6.42. The molecule has 0 spiro atoms. The van der Waals surface area contributed by atoms with E-state index in [0.717, 1.165) is 11.1 Å². The van der Waals surface area contributed by atoms with Crippen molar-refractivity contribution in [3.05, 3.63) is 33.4 Å². The van der Waals surface area contributed by atoms with Gasteiger partial charge in [0.2, 0.25) is 0 Å². The van der Waals surface area contributed by atoms with E-state index >= 15 is 0 Å². The van der Waals surface area contributed by atoms with Gasteiger partial charge in [-0.15, -0.1) is 0 Å². The van der Waals surface area contributed by atoms with Crippen LogP contribution < -0.4 is 4.74 Å². The van der Waals surface area contributed by atoms with Crippen LogP contribution in [0.1, 0.15) is 56.6 Å². The van der Waals surface area contributed by atoms with Gasteiger partial charge in [-0.25, -0.2) is 0 Å². The van der Waals surface area contributed by atoms with Crippen molar-refractivity contribution in [1.29, 1.82) is 0 Å². The van der Waals surface area contributed by atoms with Crippen molar-refractivity contribution in [3.8, 4) is 5.75 Å². The molecule has 110 valence electrons. The summed E-state index contributed by atoms with van der Waals surface area (Å²) in [7, 11) is 0. The van der Waals surface area contributed by atoms with Gasteiger partial charge in [0.25, 0.3) is 0 Å². The lowest BCUT2D eigenvalue weighted by Crippen LogP contribution is -2.11. The van der Waals surface area contributed by atoms with E-state index in [1.54, 1.807) is 0 Å². The number of aryl methyl sites for hydroxylation is 1. The minimum absolute atomic E-state index is 0.116. The SMILES string of the molecule is Cc1ccc(C(C)C)c([N+](=O)[O-])c1OCC1CCCC1. The average molecular weight is 277 g/mol. The molecule has 4 nitrogen and oxygen atoms in total. The van der Waals surface area contributed by atoms with E-state index in [-0.39, 0.29) is 16.5 Å². The molecule has 1 aromatic rings. The summed E-state index contributed by atoms with van der Waals surface area (Å²) in [6, 6.07) is 3.77. The Bertz CT molecular complexity index is 491. The Morgan fingerprint density at radius 3 is 2.55 bits per heavy atom. The maximum Gasteiger partial charge on any atom is 0.314 e. The summed E-state index contributed by atoms with van der Waals surface area (Å²) < 4.78 is 5.86. The minimum atomic E-state index is -0.299. The third-order valence-corrected chi connectivity index (χ3v) is 4.10. The highest BCUT2D eigenvalue weighted by Crippen LogP contribution is 2.38. The van der Waals surface area contributed by atoms with Crippen LogP contribution in [0.4, 0.5) is 5.69 Å². The number of benzene rings is 1. The van der Waals surface area contributed by atoms with E-state index in [0.29, 0.717) is 18.3 Å². The lowest BCUT2D eigenvalue weighted by Gasteiger charge is -2.16. The van der Waals surface area contributed by atoms with Crippen LogP contribution in [0.2, 0.25) is 0 Å². The molecule has 2 rings (SSSR count). The highest BCUT2D eigenvalue weighted by molar-refractivity contribution is 5.58. The average Bonchev–Trinajstić information content (AvgIpc) is 2.89. The maximum absolute atomic E-state index is 11.4. The minimum Gasteiger partial charge on any atom is -0.486 e. The molecular formula is C16H23NO3. The predicted molar refractivity (Wildman–Crippen MR) is 79.4 cm³/mol. The molecule has 0 bridgehead atoms. The van der Waals surface area contributed by atoms with Gasteiger partial charge >= 0.3 is 5.69 Å². The van der Waals surface area contributed by atoms with Crippen molar-refractivity contribution in [2.45, 2.75) is 52.4 Å². The molecule has 1 aliphatic carbocycles. The van der Waals surface area contributed by atoms with Crippen molar-refractivity contribution in [2.75, 3.05) is 6.61 Å². The molecule has 1 aromatic carbocycles. The Hall–Kier alpha value is -1.58. The van der Waals surface area contributed by atoms with Crippen LogP contribution in [0, 0.1) is 23.0 Å².